The highest BCUT2D eigenvalue weighted by Gasteiger charge is 2.27. The molecule has 0 bridgehead atoms. The number of amides is 2. The van der Waals surface area contributed by atoms with E-state index in [0.29, 0.717) is 11.6 Å². The lowest BCUT2D eigenvalue weighted by atomic mass is 9.85. The standard InChI is InChI=1S/C18H26N2O3/c1-12(2)13-7-5-8-15(10-13)19-17(22)18(23)20-16-9-4-3-6-14(16)11-21/h5,7-8,10,12,14,16,21H,3-4,6,9,11H2,1-2H3,(H,19,22)(H,20,23). The second-order valence-corrected chi connectivity index (χ2v) is 6.54. The lowest BCUT2D eigenvalue weighted by molar-refractivity contribution is -0.137. The van der Waals surface area contributed by atoms with Gasteiger partial charge in [-0.25, -0.2) is 0 Å². The van der Waals surface area contributed by atoms with E-state index in [1.54, 1.807) is 6.07 Å². The van der Waals surface area contributed by atoms with Gasteiger partial charge in [0, 0.05) is 24.3 Å². The Morgan fingerprint density at radius 3 is 2.65 bits per heavy atom. The van der Waals surface area contributed by atoms with E-state index in [4.69, 9.17) is 0 Å². The van der Waals surface area contributed by atoms with Crippen molar-refractivity contribution in [1.29, 1.82) is 0 Å². The molecule has 5 nitrogen and oxygen atoms in total. The molecule has 1 aromatic rings. The molecule has 1 aliphatic carbocycles. The van der Waals surface area contributed by atoms with Crippen molar-refractivity contribution in [2.24, 2.45) is 5.92 Å². The topological polar surface area (TPSA) is 78.4 Å². The first kappa shape index (κ1) is 17.5. The number of anilines is 1. The zero-order chi connectivity index (χ0) is 16.8. The van der Waals surface area contributed by atoms with Crippen LogP contribution in [0.25, 0.3) is 0 Å². The Hall–Kier alpha value is -1.88. The maximum Gasteiger partial charge on any atom is 0.313 e. The van der Waals surface area contributed by atoms with Crippen LogP contribution in [0.4, 0.5) is 5.69 Å². The molecule has 0 aromatic heterocycles. The second kappa shape index (κ2) is 8.11. The molecule has 2 rings (SSSR count). The molecule has 1 fully saturated rings. The molecule has 1 aliphatic rings. The van der Waals surface area contributed by atoms with E-state index in [1.807, 2.05) is 18.2 Å². The fraction of sp³-hybridized carbons (Fsp3) is 0.556. The molecule has 2 unspecified atom stereocenters. The zero-order valence-electron chi connectivity index (χ0n) is 13.8. The minimum absolute atomic E-state index is 0.0446. The molecule has 1 saturated carbocycles. The van der Waals surface area contributed by atoms with Crippen LogP contribution >= 0.6 is 0 Å². The first-order valence-electron chi connectivity index (χ1n) is 8.34. The number of carbonyl (C=O) groups is 2. The normalized spacial score (nSPS) is 21.0. The number of nitrogens with one attached hydrogen (secondary N) is 2. The highest BCUT2D eigenvalue weighted by atomic mass is 16.3. The molecule has 126 valence electrons. The Morgan fingerprint density at radius 1 is 1.22 bits per heavy atom. The summed E-state index contributed by atoms with van der Waals surface area (Å²) in [4.78, 5) is 24.2. The van der Waals surface area contributed by atoms with Gasteiger partial charge >= 0.3 is 11.8 Å². The number of rotatable bonds is 4. The average molecular weight is 318 g/mol. The third-order valence-corrected chi connectivity index (χ3v) is 4.48. The molecule has 0 saturated heterocycles. The second-order valence-electron chi connectivity index (χ2n) is 6.54. The fourth-order valence-electron chi connectivity index (χ4n) is 3.01. The lowest BCUT2D eigenvalue weighted by Gasteiger charge is -2.30. The molecule has 0 radical (unpaired) electrons. The largest absolute Gasteiger partial charge is 0.396 e. The molecule has 23 heavy (non-hydrogen) atoms. The molecular formula is C18H26N2O3. The van der Waals surface area contributed by atoms with E-state index in [-0.39, 0.29) is 18.6 Å². The van der Waals surface area contributed by atoms with Gasteiger partial charge in [-0.05, 0) is 36.5 Å². The summed E-state index contributed by atoms with van der Waals surface area (Å²) in [6, 6.07) is 7.40. The Balaban J connectivity index is 1.94. The molecule has 0 aliphatic heterocycles. The van der Waals surface area contributed by atoms with Crippen molar-refractivity contribution in [1.82, 2.24) is 5.32 Å². The van der Waals surface area contributed by atoms with Gasteiger partial charge in [0.15, 0.2) is 0 Å². The van der Waals surface area contributed by atoms with Crippen LogP contribution in [-0.4, -0.2) is 29.6 Å². The molecule has 2 amide bonds. The Labute approximate surface area is 137 Å². The Bertz CT molecular complexity index is 557. The Kier molecular flexibility index (Phi) is 6.16. The summed E-state index contributed by atoms with van der Waals surface area (Å²) in [5.74, 6) is -0.892. The number of aliphatic hydroxyl groups excluding tert-OH is 1. The van der Waals surface area contributed by atoms with Crippen molar-refractivity contribution in [3.63, 3.8) is 0 Å². The van der Waals surface area contributed by atoms with Crippen LogP contribution in [0.15, 0.2) is 24.3 Å². The predicted molar refractivity (Wildman–Crippen MR) is 90.1 cm³/mol. The third kappa shape index (κ3) is 4.79. The highest BCUT2D eigenvalue weighted by molar-refractivity contribution is 6.39. The fourth-order valence-corrected chi connectivity index (χ4v) is 3.01. The lowest BCUT2D eigenvalue weighted by Crippen LogP contribution is -2.47. The molecule has 2 atom stereocenters. The summed E-state index contributed by atoms with van der Waals surface area (Å²) in [6.45, 7) is 4.19. The summed E-state index contributed by atoms with van der Waals surface area (Å²) in [5, 5.41) is 14.8. The maximum absolute atomic E-state index is 12.1. The number of hydrogen-bond acceptors (Lipinski definition) is 3. The summed E-state index contributed by atoms with van der Waals surface area (Å²) in [7, 11) is 0. The monoisotopic (exact) mass is 318 g/mol. The molecular weight excluding hydrogens is 292 g/mol. The first-order chi connectivity index (χ1) is 11.0. The van der Waals surface area contributed by atoms with Crippen LogP contribution in [0.2, 0.25) is 0 Å². The molecule has 5 heteroatoms. The summed E-state index contributed by atoms with van der Waals surface area (Å²) < 4.78 is 0. The average Bonchev–Trinajstić information content (AvgIpc) is 2.55. The van der Waals surface area contributed by atoms with Crippen molar-refractivity contribution in [3.8, 4) is 0 Å². The minimum atomic E-state index is -0.659. The quantitative estimate of drug-likeness (QED) is 0.746. The van der Waals surface area contributed by atoms with Gasteiger partial charge in [-0.15, -0.1) is 0 Å². The van der Waals surface area contributed by atoms with Gasteiger partial charge < -0.3 is 15.7 Å². The number of hydrogen-bond donors (Lipinski definition) is 3. The van der Waals surface area contributed by atoms with Crippen LogP contribution in [0.5, 0.6) is 0 Å². The summed E-state index contributed by atoms with van der Waals surface area (Å²) in [6.07, 6.45) is 3.78. The van der Waals surface area contributed by atoms with E-state index >= 15 is 0 Å². The molecule has 1 aromatic carbocycles. The third-order valence-electron chi connectivity index (χ3n) is 4.48. The zero-order valence-corrected chi connectivity index (χ0v) is 13.8. The number of carbonyl (C=O) groups excluding carboxylic acids is 2. The van der Waals surface area contributed by atoms with Crippen LogP contribution in [0.3, 0.4) is 0 Å². The minimum Gasteiger partial charge on any atom is -0.396 e. The van der Waals surface area contributed by atoms with Crippen molar-refractivity contribution in [2.45, 2.75) is 51.5 Å². The number of benzene rings is 1. The first-order valence-corrected chi connectivity index (χ1v) is 8.34. The van der Waals surface area contributed by atoms with Crippen LogP contribution < -0.4 is 10.6 Å². The van der Waals surface area contributed by atoms with Gasteiger partial charge in [-0.3, -0.25) is 9.59 Å². The van der Waals surface area contributed by atoms with Gasteiger partial charge in [0.1, 0.15) is 0 Å². The van der Waals surface area contributed by atoms with Crippen molar-refractivity contribution in [3.05, 3.63) is 29.8 Å². The van der Waals surface area contributed by atoms with Gasteiger partial charge in [-0.1, -0.05) is 38.8 Å². The van der Waals surface area contributed by atoms with Gasteiger partial charge in [0.2, 0.25) is 0 Å². The maximum atomic E-state index is 12.1. The van der Waals surface area contributed by atoms with Gasteiger partial charge in [-0.2, -0.15) is 0 Å². The van der Waals surface area contributed by atoms with Crippen molar-refractivity contribution in [2.75, 3.05) is 11.9 Å². The van der Waals surface area contributed by atoms with Gasteiger partial charge in [0.05, 0.1) is 0 Å². The van der Waals surface area contributed by atoms with E-state index in [9.17, 15) is 14.7 Å². The Morgan fingerprint density at radius 2 is 1.96 bits per heavy atom. The van der Waals surface area contributed by atoms with E-state index in [2.05, 4.69) is 24.5 Å². The van der Waals surface area contributed by atoms with Crippen molar-refractivity contribution >= 4 is 17.5 Å². The van der Waals surface area contributed by atoms with Crippen LogP contribution in [0.1, 0.15) is 51.0 Å². The SMILES string of the molecule is CC(C)c1cccc(NC(=O)C(=O)NC2CCCCC2CO)c1. The smallest absolute Gasteiger partial charge is 0.313 e. The summed E-state index contributed by atoms with van der Waals surface area (Å²) in [5.41, 5.74) is 1.73. The predicted octanol–water partition coefficient (Wildman–Crippen LogP) is 2.42. The molecule has 3 N–H and O–H groups in total. The van der Waals surface area contributed by atoms with E-state index in [1.165, 1.54) is 0 Å². The summed E-state index contributed by atoms with van der Waals surface area (Å²) >= 11 is 0. The van der Waals surface area contributed by atoms with Crippen LogP contribution in [0, 0.1) is 5.92 Å². The molecule has 0 spiro atoms. The van der Waals surface area contributed by atoms with Gasteiger partial charge in [0.25, 0.3) is 0 Å². The van der Waals surface area contributed by atoms with Crippen LogP contribution in [-0.2, 0) is 9.59 Å². The molecule has 0 heterocycles. The van der Waals surface area contributed by atoms with E-state index < -0.39 is 11.8 Å². The number of aliphatic hydroxyl groups is 1. The van der Waals surface area contributed by atoms with E-state index in [0.717, 1.165) is 31.2 Å². The highest BCUT2D eigenvalue weighted by Crippen LogP contribution is 2.24. The van der Waals surface area contributed by atoms with Crippen molar-refractivity contribution < 1.29 is 14.7 Å².